The van der Waals surface area contributed by atoms with Gasteiger partial charge >= 0.3 is 40.0 Å². The number of aromatic nitrogens is 2. The van der Waals surface area contributed by atoms with E-state index in [-0.39, 0.29) is 47.4 Å². The Labute approximate surface area is 364 Å². The van der Waals surface area contributed by atoms with Gasteiger partial charge in [0.1, 0.15) is 17.3 Å². The minimum atomic E-state index is -4.67. The van der Waals surface area contributed by atoms with Crippen molar-refractivity contribution in [3.63, 3.8) is 0 Å². The van der Waals surface area contributed by atoms with Crippen molar-refractivity contribution in [3.05, 3.63) is 97.4 Å². The van der Waals surface area contributed by atoms with Crippen molar-refractivity contribution in [2.75, 3.05) is 40.4 Å². The number of pyridine rings is 2. The number of ketones is 1. The summed E-state index contributed by atoms with van der Waals surface area (Å²) in [4.78, 5) is 23.2. The van der Waals surface area contributed by atoms with Crippen molar-refractivity contribution < 1.29 is 42.0 Å². The molecule has 4 N–H and O–H groups in total. The average molecular weight is 829 g/mol. The number of ether oxygens (including phenoxy) is 2. The van der Waals surface area contributed by atoms with Gasteiger partial charge in [0.25, 0.3) is 0 Å². The zero-order valence-electron chi connectivity index (χ0n) is 33.1. The van der Waals surface area contributed by atoms with Crippen molar-refractivity contribution in [1.82, 2.24) is 19.8 Å². The zero-order chi connectivity index (χ0) is 41.4. The molecule has 4 aromatic rings. The van der Waals surface area contributed by atoms with Crippen molar-refractivity contribution >= 4 is 67.5 Å². The van der Waals surface area contributed by atoms with Crippen LogP contribution in [0.1, 0.15) is 62.9 Å². The first kappa shape index (κ1) is 47.4. The number of Topliss-reactive ketones (excluding diaryl/α,β-unsaturated/α-hetero) is 1. The standard InChI is InChI=1S/2C20H24N2O2.C3H6O.Na.H2O4S.H/c2*1-3-13-12-22-9-7-14(13)10-19(22)20(23)16-6-8-21-18-5-4-15(24-2)11-17(16)18;1-3(2)4;;1-5(2,3)4;/h2*3-6,8,11,13-14,19-20,23H,1,7,9-10,12H2,2H3;1-2H3;;(H2,1,2,3,4);/t2*13-,14-,19-,20+;;;;/m00..../s1. The van der Waals surface area contributed by atoms with E-state index in [4.69, 9.17) is 27.0 Å². The van der Waals surface area contributed by atoms with Gasteiger partial charge in [-0.3, -0.25) is 28.9 Å². The van der Waals surface area contributed by atoms with Gasteiger partial charge in [0.15, 0.2) is 0 Å². The first-order valence-electron chi connectivity index (χ1n) is 19.3. The van der Waals surface area contributed by atoms with E-state index in [1.165, 1.54) is 26.7 Å². The second-order valence-corrected chi connectivity index (χ2v) is 16.2. The molecule has 10 atom stereocenters. The number of rotatable bonds is 8. The molecule has 4 bridgehead atoms. The van der Waals surface area contributed by atoms with Crippen LogP contribution in [0.15, 0.2) is 86.2 Å². The number of aliphatic hydroxyl groups is 2. The van der Waals surface area contributed by atoms with E-state index in [1.807, 2.05) is 48.5 Å². The molecule has 6 saturated heterocycles. The fourth-order valence-corrected chi connectivity index (χ4v) is 8.89. The van der Waals surface area contributed by atoms with Crippen LogP contribution < -0.4 is 9.47 Å². The number of piperidine rings is 6. The molecule has 0 spiro atoms. The van der Waals surface area contributed by atoms with Gasteiger partial charge in [-0.2, -0.15) is 8.42 Å². The van der Waals surface area contributed by atoms with Crippen molar-refractivity contribution in [1.29, 1.82) is 0 Å². The summed E-state index contributed by atoms with van der Waals surface area (Å²) in [6, 6.07) is 15.9. The van der Waals surface area contributed by atoms with Gasteiger partial charge in [0, 0.05) is 48.3 Å². The molecule has 8 heterocycles. The molecular weight excluding hydrogens is 772 g/mol. The Kier molecular flexibility index (Phi) is 17.4. The molecule has 0 radical (unpaired) electrons. The summed E-state index contributed by atoms with van der Waals surface area (Å²) in [5.74, 6) is 4.18. The average Bonchev–Trinajstić information content (AvgIpc) is 3.21. The number of carbonyl (C=O) groups excluding carboxylic acids is 1. The predicted octanol–water partition coefficient (Wildman–Crippen LogP) is 5.64. The van der Waals surface area contributed by atoms with Crippen LogP contribution in [0.3, 0.4) is 0 Å². The van der Waals surface area contributed by atoms with E-state index in [0.717, 1.165) is 83.5 Å². The molecule has 6 fully saturated rings. The van der Waals surface area contributed by atoms with Crippen LogP contribution in [0.4, 0.5) is 0 Å². The third-order valence-electron chi connectivity index (χ3n) is 11.6. The van der Waals surface area contributed by atoms with Crippen molar-refractivity contribution in [3.8, 4) is 11.5 Å². The molecule has 6 aliphatic rings. The second kappa shape index (κ2) is 21.3. The number of fused-ring (bicyclic) bond motifs is 8. The Morgan fingerprint density at radius 3 is 1.41 bits per heavy atom. The van der Waals surface area contributed by atoms with Crippen LogP contribution in [-0.4, -0.2) is 135 Å². The topological polar surface area (TPSA) is 183 Å². The van der Waals surface area contributed by atoms with Gasteiger partial charge in [-0.15, -0.1) is 13.2 Å². The van der Waals surface area contributed by atoms with E-state index in [1.54, 1.807) is 26.6 Å². The summed E-state index contributed by atoms with van der Waals surface area (Å²) in [6.45, 7) is 15.2. The summed E-state index contributed by atoms with van der Waals surface area (Å²) in [5, 5.41) is 24.3. The van der Waals surface area contributed by atoms with Crippen LogP contribution in [0.2, 0.25) is 0 Å². The van der Waals surface area contributed by atoms with Crippen LogP contribution >= 0.6 is 0 Å². The third-order valence-corrected chi connectivity index (χ3v) is 11.6. The molecule has 13 nitrogen and oxygen atoms in total. The zero-order valence-corrected chi connectivity index (χ0v) is 34.0. The van der Waals surface area contributed by atoms with Crippen LogP contribution in [0.25, 0.3) is 21.8 Å². The normalized spacial score (nSPS) is 26.5. The van der Waals surface area contributed by atoms with Gasteiger partial charge < -0.3 is 24.5 Å². The predicted molar refractivity (Wildman–Crippen MR) is 228 cm³/mol. The summed E-state index contributed by atoms with van der Waals surface area (Å²) < 4.78 is 42.3. The van der Waals surface area contributed by atoms with Gasteiger partial charge in [0.2, 0.25) is 0 Å². The van der Waals surface area contributed by atoms with Crippen LogP contribution in [0, 0.1) is 23.7 Å². The van der Waals surface area contributed by atoms with Gasteiger partial charge in [-0.25, -0.2) is 0 Å². The Balaban J connectivity index is 0.000000210. The number of nitrogens with zero attached hydrogens (tertiary/aromatic N) is 4. The summed E-state index contributed by atoms with van der Waals surface area (Å²) in [6.07, 6.45) is 11.2. The number of hydrogen-bond donors (Lipinski definition) is 4. The first-order chi connectivity index (χ1) is 27.1. The molecule has 15 heteroatoms. The van der Waals surface area contributed by atoms with E-state index in [2.05, 4.69) is 45.1 Å². The maximum absolute atomic E-state index is 11.2. The monoisotopic (exact) mass is 828 g/mol. The summed E-state index contributed by atoms with van der Waals surface area (Å²) in [7, 11) is -1.34. The van der Waals surface area contributed by atoms with Gasteiger partial charge in [0.05, 0.1) is 37.5 Å². The number of aliphatic hydroxyl groups excluding tert-OH is 2. The molecular formula is C43H57N4NaO9S. The molecule has 58 heavy (non-hydrogen) atoms. The first-order valence-corrected chi connectivity index (χ1v) is 20.7. The molecule has 10 rings (SSSR count). The SMILES string of the molecule is C=C[C@H]1C[N@]2CC[C@H]1C[C@H]2[C@H](O)c1ccnc2ccc(OC)cc12.C=C[C@H]1C[N@]2CC[C@H]1C[C@H]2[C@H](O)c1ccnc2ccc(OC)cc12.CC(C)=O.O=S(=O)(O)O.[NaH]. The number of hydrogen-bond acceptors (Lipinski definition) is 11. The van der Waals surface area contributed by atoms with Crippen LogP contribution in [0.5, 0.6) is 11.5 Å². The quantitative estimate of drug-likeness (QED) is 0.0974. The van der Waals surface area contributed by atoms with E-state index in [9.17, 15) is 15.0 Å². The van der Waals surface area contributed by atoms with Crippen molar-refractivity contribution in [2.24, 2.45) is 23.7 Å². The van der Waals surface area contributed by atoms with E-state index in [0.29, 0.717) is 23.7 Å². The van der Waals surface area contributed by atoms with E-state index < -0.39 is 22.6 Å². The molecule has 6 aliphatic heterocycles. The molecule has 2 aromatic carbocycles. The molecule has 2 aromatic heterocycles. The number of benzene rings is 2. The molecule has 0 amide bonds. The Bertz CT molecular complexity index is 2000. The van der Waals surface area contributed by atoms with E-state index >= 15 is 0 Å². The maximum atomic E-state index is 11.2. The third kappa shape index (κ3) is 11.9. The van der Waals surface area contributed by atoms with Crippen molar-refractivity contribution in [2.45, 2.75) is 63.8 Å². The minimum absolute atomic E-state index is 0. The Morgan fingerprint density at radius 1 is 0.759 bits per heavy atom. The summed E-state index contributed by atoms with van der Waals surface area (Å²) in [5.41, 5.74) is 3.69. The van der Waals surface area contributed by atoms with Gasteiger partial charge in [-0.1, -0.05) is 12.2 Å². The molecule has 0 aliphatic carbocycles. The van der Waals surface area contributed by atoms with Crippen LogP contribution in [-0.2, 0) is 15.2 Å². The summed E-state index contributed by atoms with van der Waals surface area (Å²) >= 11 is 0. The Hall–Kier alpha value is -3.28. The number of carbonyl (C=O) groups is 1. The fourth-order valence-electron chi connectivity index (χ4n) is 8.89. The Morgan fingerprint density at radius 2 is 1.12 bits per heavy atom. The molecule has 310 valence electrons. The fraction of sp³-hybridized carbons (Fsp3) is 0.465. The van der Waals surface area contributed by atoms with Gasteiger partial charge in [-0.05, 0) is 136 Å². The number of methoxy groups -OCH3 is 2. The molecule has 0 saturated carbocycles. The molecule has 0 unspecified atom stereocenters. The second-order valence-electron chi connectivity index (χ2n) is 15.3.